The minimum absolute atomic E-state index is 0.317. The van der Waals surface area contributed by atoms with Crippen molar-refractivity contribution in [1.29, 1.82) is 0 Å². The van der Waals surface area contributed by atoms with E-state index in [1.165, 1.54) is 13.2 Å². The predicted molar refractivity (Wildman–Crippen MR) is 84.4 cm³/mol. The third kappa shape index (κ3) is 3.66. The molecule has 0 bridgehead atoms. The van der Waals surface area contributed by atoms with Crippen LogP contribution in [-0.2, 0) is 6.42 Å². The molecule has 0 amide bonds. The van der Waals surface area contributed by atoms with Crippen LogP contribution < -0.4 is 4.74 Å². The molecule has 0 N–H and O–H groups in total. The lowest BCUT2D eigenvalue weighted by Crippen LogP contribution is -2.00. The molecule has 2 aromatic carbocycles. The van der Waals surface area contributed by atoms with Gasteiger partial charge in [0.25, 0.3) is 0 Å². The standard InChI is InChI=1S/C15H12BrCl2FO/c1-20-15-8-14(19)12(16)7-11(15)13(18)6-9-2-4-10(17)5-3-9/h2-5,7-8,13H,6H2,1H3. The fraction of sp³-hybridized carbons (Fsp3) is 0.200. The number of alkyl halides is 1. The molecule has 1 atom stereocenters. The molecule has 0 spiro atoms. The molecular formula is C15H12BrCl2FO. The summed E-state index contributed by atoms with van der Waals surface area (Å²) >= 11 is 15.4. The summed E-state index contributed by atoms with van der Waals surface area (Å²) < 4.78 is 19.1. The lowest BCUT2D eigenvalue weighted by molar-refractivity contribution is 0.405. The van der Waals surface area contributed by atoms with Crippen molar-refractivity contribution in [1.82, 2.24) is 0 Å². The lowest BCUT2D eigenvalue weighted by atomic mass is 10.0. The van der Waals surface area contributed by atoms with Gasteiger partial charge in [0.1, 0.15) is 11.6 Å². The monoisotopic (exact) mass is 376 g/mol. The van der Waals surface area contributed by atoms with Gasteiger partial charge in [-0.05, 0) is 46.1 Å². The van der Waals surface area contributed by atoms with Crippen LogP contribution in [0.15, 0.2) is 40.9 Å². The molecule has 0 saturated carbocycles. The zero-order valence-electron chi connectivity index (χ0n) is 10.7. The molecule has 20 heavy (non-hydrogen) atoms. The first-order valence-corrected chi connectivity index (χ1v) is 7.53. The zero-order chi connectivity index (χ0) is 14.7. The second kappa shape index (κ2) is 6.79. The topological polar surface area (TPSA) is 9.23 Å². The van der Waals surface area contributed by atoms with E-state index in [-0.39, 0.29) is 11.2 Å². The van der Waals surface area contributed by atoms with Crippen molar-refractivity contribution in [2.75, 3.05) is 7.11 Å². The molecule has 0 heterocycles. The highest BCUT2D eigenvalue weighted by molar-refractivity contribution is 9.10. The minimum Gasteiger partial charge on any atom is -0.496 e. The quantitative estimate of drug-likeness (QED) is 0.614. The van der Waals surface area contributed by atoms with E-state index in [0.717, 1.165) is 11.1 Å². The summed E-state index contributed by atoms with van der Waals surface area (Å²) in [5, 5.41) is 0.366. The highest BCUT2D eigenvalue weighted by Gasteiger charge is 2.17. The summed E-state index contributed by atoms with van der Waals surface area (Å²) in [5.41, 5.74) is 1.80. The zero-order valence-corrected chi connectivity index (χ0v) is 13.8. The second-order valence-electron chi connectivity index (χ2n) is 4.31. The van der Waals surface area contributed by atoms with Gasteiger partial charge in [0.15, 0.2) is 0 Å². The molecule has 1 nitrogen and oxygen atoms in total. The smallest absolute Gasteiger partial charge is 0.141 e. The number of benzene rings is 2. The van der Waals surface area contributed by atoms with Crippen molar-refractivity contribution < 1.29 is 9.13 Å². The fourth-order valence-electron chi connectivity index (χ4n) is 1.90. The van der Waals surface area contributed by atoms with Crippen LogP contribution in [0.1, 0.15) is 16.5 Å². The van der Waals surface area contributed by atoms with Crippen molar-refractivity contribution in [3.05, 3.63) is 62.8 Å². The predicted octanol–water partition coefficient (Wildman–Crippen LogP) is 5.77. The largest absolute Gasteiger partial charge is 0.496 e. The molecule has 5 heteroatoms. The molecule has 0 aliphatic carbocycles. The van der Waals surface area contributed by atoms with Crippen LogP contribution >= 0.6 is 39.1 Å². The van der Waals surface area contributed by atoms with Gasteiger partial charge < -0.3 is 4.74 Å². The third-order valence-corrected chi connectivity index (χ3v) is 4.19. The number of hydrogen-bond acceptors (Lipinski definition) is 1. The van der Waals surface area contributed by atoms with Gasteiger partial charge >= 0.3 is 0 Å². The van der Waals surface area contributed by atoms with Crippen molar-refractivity contribution in [2.24, 2.45) is 0 Å². The Bertz CT molecular complexity index is 602. The number of methoxy groups -OCH3 is 1. The molecule has 0 aliphatic rings. The molecule has 1 unspecified atom stereocenters. The first-order valence-electron chi connectivity index (χ1n) is 5.92. The van der Waals surface area contributed by atoms with E-state index >= 15 is 0 Å². The fourth-order valence-corrected chi connectivity index (χ4v) is 2.74. The number of halogens is 4. The molecule has 0 saturated heterocycles. The minimum atomic E-state index is -0.374. The maximum absolute atomic E-state index is 13.5. The van der Waals surface area contributed by atoms with Gasteiger partial charge in [0.05, 0.1) is 17.0 Å². The van der Waals surface area contributed by atoms with Gasteiger partial charge in [0, 0.05) is 16.7 Å². The Labute approximate surface area is 135 Å². The highest BCUT2D eigenvalue weighted by Crippen LogP contribution is 2.35. The van der Waals surface area contributed by atoms with Gasteiger partial charge in [-0.15, -0.1) is 11.6 Å². The van der Waals surface area contributed by atoms with Gasteiger partial charge in [-0.25, -0.2) is 4.39 Å². The molecule has 0 aliphatic heterocycles. The Morgan fingerprint density at radius 2 is 1.90 bits per heavy atom. The average molecular weight is 378 g/mol. The average Bonchev–Trinajstić information content (AvgIpc) is 2.43. The molecular weight excluding hydrogens is 366 g/mol. The highest BCUT2D eigenvalue weighted by atomic mass is 79.9. The molecule has 0 aromatic heterocycles. The van der Waals surface area contributed by atoms with Crippen molar-refractivity contribution in [3.63, 3.8) is 0 Å². The van der Waals surface area contributed by atoms with Crippen LogP contribution in [0.4, 0.5) is 4.39 Å². The van der Waals surface area contributed by atoms with Crippen molar-refractivity contribution >= 4 is 39.1 Å². The summed E-state index contributed by atoms with van der Waals surface area (Å²) in [6.07, 6.45) is 0.604. The van der Waals surface area contributed by atoms with E-state index in [0.29, 0.717) is 21.7 Å². The van der Waals surface area contributed by atoms with Crippen LogP contribution in [0.5, 0.6) is 5.75 Å². The third-order valence-electron chi connectivity index (χ3n) is 2.94. The van der Waals surface area contributed by atoms with E-state index in [9.17, 15) is 4.39 Å². The van der Waals surface area contributed by atoms with E-state index in [1.54, 1.807) is 6.07 Å². The summed E-state index contributed by atoms with van der Waals surface area (Å²) in [7, 11) is 1.50. The van der Waals surface area contributed by atoms with E-state index < -0.39 is 0 Å². The van der Waals surface area contributed by atoms with Crippen LogP contribution in [0.25, 0.3) is 0 Å². The van der Waals surface area contributed by atoms with E-state index in [2.05, 4.69) is 15.9 Å². The molecule has 0 fully saturated rings. The molecule has 2 aromatic rings. The number of rotatable bonds is 4. The Hall–Kier alpha value is -0.770. The maximum Gasteiger partial charge on any atom is 0.141 e. The van der Waals surface area contributed by atoms with Gasteiger partial charge in [-0.3, -0.25) is 0 Å². The Balaban J connectivity index is 2.26. The van der Waals surface area contributed by atoms with Gasteiger partial charge in [-0.1, -0.05) is 23.7 Å². The second-order valence-corrected chi connectivity index (χ2v) is 6.12. The lowest BCUT2D eigenvalue weighted by Gasteiger charge is -2.15. The molecule has 2 rings (SSSR count). The summed E-state index contributed by atoms with van der Waals surface area (Å²) in [4.78, 5) is 0. The summed E-state index contributed by atoms with van der Waals surface area (Å²) in [5.74, 6) is 0.0700. The first kappa shape index (κ1) is 15.6. The normalized spacial score (nSPS) is 12.2. The van der Waals surface area contributed by atoms with Crippen molar-refractivity contribution in [3.8, 4) is 5.75 Å². The van der Waals surface area contributed by atoms with Crippen LogP contribution in [0.3, 0.4) is 0 Å². The Morgan fingerprint density at radius 1 is 1.25 bits per heavy atom. The van der Waals surface area contributed by atoms with Crippen LogP contribution in [0.2, 0.25) is 5.02 Å². The molecule has 106 valence electrons. The summed E-state index contributed by atoms with van der Waals surface area (Å²) in [6, 6.07) is 10.5. The maximum atomic E-state index is 13.5. The molecule has 0 radical (unpaired) electrons. The number of hydrogen-bond donors (Lipinski definition) is 0. The van der Waals surface area contributed by atoms with Gasteiger partial charge in [-0.2, -0.15) is 0 Å². The SMILES string of the molecule is COc1cc(F)c(Br)cc1C(Cl)Cc1ccc(Cl)cc1. The van der Waals surface area contributed by atoms with Crippen molar-refractivity contribution in [2.45, 2.75) is 11.8 Å². The Kier molecular flexibility index (Phi) is 5.30. The van der Waals surface area contributed by atoms with Crippen LogP contribution in [0, 0.1) is 5.82 Å². The number of ether oxygens (including phenoxy) is 1. The summed E-state index contributed by atoms with van der Waals surface area (Å²) in [6.45, 7) is 0. The first-order chi connectivity index (χ1) is 9.51. The van der Waals surface area contributed by atoms with Gasteiger partial charge in [0.2, 0.25) is 0 Å². The van der Waals surface area contributed by atoms with E-state index in [1.807, 2.05) is 24.3 Å². The van der Waals surface area contributed by atoms with E-state index in [4.69, 9.17) is 27.9 Å². The van der Waals surface area contributed by atoms with Crippen LogP contribution in [-0.4, -0.2) is 7.11 Å². The Morgan fingerprint density at radius 3 is 2.50 bits per heavy atom.